The summed E-state index contributed by atoms with van der Waals surface area (Å²) in [6.07, 6.45) is 3.99. The lowest BCUT2D eigenvalue weighted by Gasteiger charge is -2.64. The van der Waals surface area contributed by atoms with E-state index >= 15 is 0 Å². The molecule has 1 aliphatic heterocycles. The summed E-state index contributed by atoms with van der Waals surface area (Å²) in [7, 11) is -0.550. The molecule has 3 aliphatic carbocycles. The van der Waals surface area contributed by atoms with E-state index in [1.807, 2.05) is 22.3 Å². The van der Waals surface area contributed by atoms with Crippen molar-refractivity contribution in [3.05, 3.63) is 32.5 Å². The number of nitrogens with two attached hydrogens (primary N) is 1. The number of rotatable bonds is 14. The third kappa shape index (κ3) is 7.29. The van der Waals surface area contributed by atoms with Crippen LogP contribution < -0.4 is 16.5 Å². The Morgan fingerprint density at radius 2 is 2.07 bits per heavy atom. The van der Waals surface area contributed by atoms with E-state index in [0.717, 1.165) is 18.4 Å². The average Bonchev–Trinajstić information content (AvgIpc) is 3.51. The maximum absolute atomic E-state index is 13.7. The molecule has 1 aromatic rings. The first-order valence-electron chi connectivity index (χ1n) is 14.7. The number of hydrazine groups is 1. The Morgan fingerprint density at radius 3 is 2.71 bits per heavy atom. The molecular formula is C28H44BN5O6S. The van der Waals surface area contributed by atoms with Crippen LogP contribution in [-0.4, -0.2) is 54.0 Å². The van der Waals surface area contributed by atoms with Gasteiger partial charge in [-0.1, -0.05) is 33.1 Å². The predicted molar refractivity (Wildman–Crippen MR) is 158 cm³/mol. The van der Waals surface area contributed by atoms with Gasteiger partial charge in [0, 0.05) is 25.3 Å². The summed E-state index contributed by atoms with van der Waals surface area (Å²) in [4.78, 5) is 41.2. The number of hydrogen-bond acceptors (Lipinski definition) is 8. The van der Waals surface area contributed by atoms with Crippen molar-refractivity contribution in [2.24, 2.45) is 39.8 Å². The van der Waals surface area contributed by atoms with Crippen LogP contribution >= 0.6 is 11.3 Å². The minimum Gasteiger partial charge on any atom is -0.404 e. The monoisotopic (exact) mass is 589 g/mol. The molecule has 1 aromatic heterocycles. The summed E-state index contributed by atoms with van der Waals surface area (Å²) in [5, 5.41) is 16.8. The number of aliphatic imine (C=N–C) groups is 1. The van der Waals surface area contributed by atoms with Crippen molar-refractivity contribution in [2.75, 3.05) is 6.54 Å². The summed E-state index contributed by atoms with van der Waals surface area (Å²) in [5.74, 6) is -0.130. The fourth-order valence-corrected chi connectivity index (χ4v) is 7.75. The number of carbonyl (C=O) groups is 2. The minimum atomic E-state index is -0.777. The molecule has 226 valence electrons. The second-order valence-electron chi connectivity index (χ2n) is 13.1. The zero-order valence-electron chi connectivity index (χ0n) is 24.8. The fourth-order valence-electron chi connectivity index (χ4n) is 7.08. The second kappa shape index (κ2) is 12.8. The van der Waals surface area contributed by atoms with E-state index in [2.05, 4.69) is 44.9 Å². The van der Waals surface area contributed by atoms with Crippen LogP contribution in [0.1, 0.15) is 78.7 Å². The molecule has 3 saturated carbocycles. The molecule has 5 rings (SSSR count). The van der Waals surface area contributed by atoms with E-state index in [-0.39, 0.29) is 66.0 Å². The topological polar surface area (TPSA) is 158 Å². The van der Waals surface area contributed by atoms with Crippen molar-refractivity contribution in [1.82, 2.24) is 10.7 Å². The summed E-state index contributed by atoms with van der Waals surface area (Å²) in [6, 6.07) is 1.91. The van der Waals surface area contributed by atoms with Crippen molar-refractivity contribution < 1.29 is 23.9 Å². The van der Waals surface area contributed by atoms with Gasteiger partial charge >= 0.3 is 7.12 Å². The summed E-state index contributed by atoms with van der Waals surface area (Å²) < 4.78 is 13.2. The maximum atomic E-state index is 13.7. The summed E-state index contributed by atoms with van der Waals surface area (Å²) >= 11 is 1.53. The summed E-state index contributed by atoms with van der Waals surface area (Å²) in [5.41, 5.74) is 8.10. The molecule has 4 N–H and O–H groups in total. The number of carbonyl (C=O) groups excluding carboxylic acids is 2. The maximum Gasteiger partial charge on any atom is 0.481 e. The lowest BCUT2D eigenvalue weighted by molar-refractivity contribution is -0.525. The molecule has 11 nitrogen and oxygen atoms in total. The third-order valence-electron chi connectivity index (χ3n) is 9.38. The molecule has 41 heavy (non-hydrogen) atoms. The molecule has 1 amide bonds. The number of ketones is 1. The van der Waals surface area contributed by atoms with Crippen molar-refractivity contribution >= 4 is 36.1 Å². The molecule has 0 radical (unpaired) electrons. The molecular weight excluding hydrogens is 545 g/mol. The number of guanidine groups is 1. The molecule has 0 aromatic carbocycles. The van der Waals surface area contributed by atoms with Crippen molar-refractivity contribution in [1.29, 1.82) is 0 Å². The lowest BCUT2D eigenvalue weighted by atomic mass is 9.43. The molecule has 0 spiro atoms. The van der Waals surface area contributed by atoms with E-state index in [4.69, 9.17) is 15.0 Å². The largest absolute Gasteiger partial charge is 0.481 e. The van der Waals surface area contributed by atoms with Crippen LogP contribution in [-0.2, 0) is 25.3 Å². The van der Waals surface area contributed by atoms with Gasteiger partial charge < -0.3 is 20.4 Å². The quantitative estimate of drug-likeness (QED) is 0.0743. The van der Waals surface area contributed by atoms with Gasteiger partial charge in [0.15, 0.2) is 5.03 Å². The number of nitrogens with one attached hydrogen (secondary N) is 2. The van der Waals surface area contributed by atoms with Crippen LogP contribution in [0.2, 0.25) is 0 Å². The van der Waals surface area contributed by atoms with Gasteiger partial charge in [0.1, 0.15) is 5.78 Å². The Hall–Kier alpha value is -2.51. The molecule has 6 atom stereocenters. The van der Waals surface area contributed by atoms with E-state index in [0.29, 0.717) is 31.1 Å². The first kappa shape index (κ1) is 31.4. The summed E-state index contributed by atoms with van der Waals surface area (Å²) in [6.45, 7) is 11.2. The fraction of sp³-hybridized carbons (Fsp3) is 0.750. The van der Waals surface area contributed by atoms with Gasteiger partial charge in [0.2, 0.25) is 5.91 Å². The van der Waals surface area contributed by atoms with Gasteiger partial charge in [0.25, 0.3) is 5.96 Å². The Labute approximate surface area is 246 Å². The highest BCUT2D eigenvalue weighted by molar-refractivity contribution is 7.08. The van der Waals surface area contributed by atoms with Gasteiger partial charge in [-0.2, -0.15) is 11.3 Å². The number of hydrogen-bond donors (Lipinski definition) is 3. The highest BCUT2D eigenvalue weighted by atomic mass is 32.1. The van der Waals surface area contributed by atoms with E-state index in [9.17, 15) is 19.7 Å². The molecule has 4 fully saturated rings. The smallest absolute Gasteiger partial charge is 0.404 e. The first-order valence-corrected chi connectivity index (χ1v) is 15.6. The van der Waals surface area contributed by atoms with Crippen molar-refractivity contribution in [3.8, 4) is 0 Å². The number of amides is 1. The van der Waals surface area contributed by atoms with Crippen LogP contribution in [0.3, 0.4) is 0 Å². The predicted octanol–water partition coefficient (Wildman–Crippen LogP) is 3.54. The van der Waals surface area contributed by atoms with Crippen LogP contribution in [0.5, 0.6) is 0 Å². The Bertz CT molecular complexity index is 1130. The molecule has 4 aliphatic rings. The third-order valence-corrected chi connectivity index (χ3v) is 10.1. The SMILES string of the molecule is CC(C)C[C@H](NC(=O)[C@H](CCCN=C(N)N[N+](=O)[O-])CC(=O)Cc1ccsc1)B1O[C@@H]2C[C@H]3C[C@H](C3(C)C)[C@]2(C)O1. The number of nitro groups is 1. The Kier molecular flexibility index (Phi) is 9.80. The first-order chi connectivity index (χ1) is 19.3. The van der Waals surface area contributed by atoms with Crippen molar-refractivity contribution in [3.63, 3.8) is 0 Å². The van der Waals surface area contributed by atoms with Gasteiger partial charge in [0.05, 0.1) is 17.6 Å². The van der Waals surface area contributed by atoms with Crippen LogP contribution in [0.15, 0.2) is 21.8 Å². The normalized spacial score (nSPS) is 28.0. The van der Waals surface area contributed by atoms with Crippen LogP contribution in [0, 0.1) is 39.2 Å². The Morgan fingerprint density at radius 1 is 1.32 bits per heavy atom. The number of nitrogens with zero attached hydrogens (tertiary/aromatic N) is 2. The lowest BCUT2D eigenvalue weighted by Crippen LogP contribution is -2.65. The van der Waals surface area contributed by atoms with Crippen LogP contribution in [0.4, 0.5) is 0 Å². The zero-order chi connectivity index (χ0) is 29.9. The van der Waals surface area contributed by atoms with Crippen molar-refractivity contribution in [2.45, 2.75) is 97.2 Å². The molecule has 2 heterocycles. The average molecular weight is 590 g/mol. The standard InChI is InChI=1S/C28H44BN5O6S/c1-17(2)11-24(29-39-23-15-20-14-22(27(20,3)4)28(23,5)40-29)32-25(36)19(7-6-9-31-26(30)33-34(37)38)13-21(35)12-18-8-10-41-16-18/h8,10,16-17,19-20,22-24H,6-7,9,11-15H2,1-5H3,(H,32,36)(H3,30,31,33)/t19-,20-,22-,23-,24+,28+/m1/s1. The van der Waals surface area contributed by atoms with E-state index in [1.165, 1.54) is 11.3 Å². The highest BCUT2D eigenvalue weighted by Crippen LogP contribution is 2.65. The molecule has 2 bridgehead atoms. The highest BCUT2D eigenvalue weighted by Gasteiger charge is 2.68. The molecule has 13 heteroatoms. The molecule has 0 unspecified atom stereocenters. The van der Waals surface area contributed by atoms with Gasteiger partial charge in [-0.3, -0.25) is 9.59 Å². The van der Waals surface area contributed by atoms with E-state index < -0.39 is 18.1 Å². The second-order valence-corrected chi connectivity index (χ2v) is 13.9. The number of Topliss-reactive ketones (excluding diaryl/α,β-unsaturated/α-hetero) is 1. The minimum absolute atomic E-state index is 0.00919. The van der Waals surface area contributed by atoms with Gasteiger partial charge in [-0.05, 0) is 84.6 Å². The number of thiophene rings is 1. The molecule has 1 saturated heterocycles. The van der Waals surface area contributed by atoms with Crippen LogP contribution in [0.25, 0.3) is 0 Å². The zero-order valence-corrected chi connectivity index (χ0v) is 25.6. The van der Waals surface area contributed by atoms with Gasteiger partial charge in [-0.15, -0.1) is 0 Å². The Balaban J connectivity index is 1.43. The van der Waals surface area contributed by atoms with Gasteiger partial charge in [-0.25, -0.2) is 15.1 Å². The van der Waals surface area contributed by atoms with E-state index in [1.54, 1.807) is 0 Å².